The maximum Gasteiger partial charge on any atom is 0.252 e. The smallest absolute Gasteiger partial charge is 0.252 e. The number of aromatic nitrogens is 7. The molecule has 0 spiro atoms. The minimum Gasteiger partial charge on any atom is -0.298 e. The zero-order chi connectivity index (χ0) is 37.6. The Labute approximate surface area is 332 Å². The number of allylic oxidation sites excluding steroid dienone is 3. The highest BCUT2D eigenvalue weighted by Crippen LogP contribution is 2.45. The fourth-order valence-corrected chi connectivity index (χ4v) is 10.6. The third-order valence-electron chi connectivity index (χ3n) is 12.7. The van der Waals surface area contributed by atoms with Crippen molar-refractivity contribution in [1.29, 1.82) is 0 Å². The van der Waals surface area contributed by atoms with Gasteiger partial charge in [0.1, 0.15) is 16.9 Å². The molecule has 0 unspecified atom stereocenters. The standard InChI is InChI=1S/C50H30BN7/c1-4-14-31(15-5-1)55-39-23-9-3-8-18-33(39)42-34-19-12-21-36-46(34)57(49(42)55)40-28-30(38-22-10-11-25-52-38)29-41-44(40)51(36)37-24-27-53-45-43-35-20-13-26-54-48(35)56(32-16-6-2-7-17-32)50(43)58(41)47(37)45/h1-22,24-29H,23H2. The molecule has 0 amide bonds. The maximum atomic E-state index is 5.22. The Bertz CT molecular complexity index is 3640. The van der Waals surface area contributed by atoms with Gasteiger partial charge in [-0.2, -0.15) is 0 Å². The van der Waals surface area contributed by atoms with Gasteiger partial charge in [-0.15, -0.1) is 0 Å². The SMILES string of the molecule is C1=CCc2c(c3c4cccc5c4n(c3n2-c2ccccc2)-c2cc(-c3ccccn3)cc3c2B5c2ccnc4c5c6cccnc6n(-c6ccccc6)c5n-3c24)C=C1. The lowest BCUT2D eigenvalue weighted by molar-refractivity contribution is 0.963. The van der Waals surface area contributed by atoms with Crippen molar-refractivity contribution in [1.82, 2.24) is 33.2 Å². The fourth-order valence-electron chi connectivity index (χ4n) is 10.6. The maximum absolute atomic E-state index is 5.22. The fraction of sp³-hybridized carbons (Fsp3) is 0.0200. The van der Waals surface area contributed by atoms with Gasteiger partial charge < -0.3 is 0 Å². The molecule has 4 aromatic carbocycles. The van der Waals surface area contributed by atoms with E-state index in [1.807, 2.05) is 30.7 Å². The summed E-state index contributed by atoms with van der Waals surface area (Å²) in [7, 11) is 0. The van der Waals surface area contributed by atoms with Crippen molar-refractivity contribution in [2.45, 2.75) is 6.42 Å². The lowest BCUT2D eigenvalue weighted by Gasteiger charge is -2.34. The number of para-hydroxylation sites is 3. The van der Waals surface area contributed by atoms with Gasteiger partial charge in [-0.3, -0.25) is 28.2 Å². The Morgan fingerprint density at radius 2 is 1.26 bits per heavy atom. The summed E-state index contributed by atoms with van der Waals surface area (Å²) in [6.45, 7) is -0.0226. The predicted octanol–water partition coefficient (Wildman–Crippen LogP) is 8.74. The molecular formula is C50H30BN7. The van der Waals surface area contributed by atoms with E-state index in [0.29, 0.717) is 0 Å². The van der Waals surface area contributed by atoms with Crippen LogP contribution in [-0.4, -0.2) is 39.9 Å². The van der Waals surface area contributed by atoms with Crippen LogP contribution in [0.2, 0.25) is 0 Å². The summed E-state index contributed by atoms with van der Waals surface area (Å²) < 4.78 is 9.92. The van der Waals surface area contributed by atoms with Crippen molar-refractivity contribution in [3.05, 3.63) is 175 Å². The molecule has 268 valence electrons. The van der Waals surface area contributed by atoms with Gasteiger partial charge in [0.2, 0.25) is 0 Å². The summed E-state index contributed by atoms with van der Waals surface area (Å²) in [5, 5.41) is 4.75. The van der Waals surface area contributed by atoms with Gasteiger partial charge in [-0.1, -0.05) is 85.0 Å². The van der Waals surface area contributed by atoms with E-state index >= 15 is 0 Å². The first-order valence-electron chi connectivity index (χ1n) is 19.9. The second kappa shape index (κ2) is 11.0. The first kappa shape index (κ1) is 30.5. The summed E-state index contributed by atoms with van der Waals surface area (Å²) in [4.78, 5) is 15.2. The van der Waals surface area contributed by atoms with Crippen LogP contribution in [0.1, 0.15) is 11.3 Å². The highest BCUT2D eigenvalue weighted by Gasteiger charge is 2.43. The van der Waals surface area contributed by atoms with Gasteiger partial charge in [-0.05, 0) is 83.1 Å². The molecule has 0 atom stereocenters. The number of rotatable bonds is 3. The molecule has 0 fully saturated rings. The number of pyridine rings is 3. The molecule has 8 heteroatoms. The normalized spacial score (nSPS) is 13.6. The van der Waals surface area contributed by atoms with E-state index in [9.17, 15) is 0 Å². The molecule has 9 heterocycles. The molecule has 3 aliphatic rings. The largest absolute Gasteiger partial charge is 0.298 e. The van der Waals surface area contributed by atoms with Crippen LogP contribution in [0.3, 0.4) is 0 Å². The van der Waals surface area contributed by atoms with Crippen molar-refractivity contribution in [3.8, 4) is 34.0 Å². The van der Waals surface area contributed by atoms with E-state index < -0.39 is 0 Å². The van der Waals surface area contributed by atoms with Crippen molar-refractivity contribution in [2.75, 3.05) is 0 Å². The number of fused-ring (bicyclic) bond motifs is 14. The number of benzene rings is 4. The van der Waals surface area contributed by atoms with Crippen LogP contribution in [0.5, 0.6) is 0 Å². The first-order chi connectivity index (χ1) is 28.8. The quantitative estimate of drug-likeness (QED) is 0.171. The molecule has 0 radical (unpaired) electrons. The van der Waals surface area contributed by atoms with E-state index in [1.54, 1.807) is 0 Å². The Morgan fingerprint density at radius 3 is 2.07 bits per heavy atom. The minimum absolute atomic E-state index is 0.0226. The van der Waals surface area contributed by atoms with E-state index in [-0.39, 0.29) is 6.71 Å². The lowest BCUT2D eigenvalue weighted by Crippen LogP contribution is -2.59. The van der Waals surface area contributed by atoms with Crippen molar-refractivity contribution in [3.63, 3.8) is 0 Å². The summed E-state index contributed by atoms with van der Waals surface area (Å²) in [5.41, 5.74) is 19.5. The van der Waals surface area contributed by atoms with E-state index in [4.69, 9.17) is 15.0 Å². The van der Waals surface area contributed by atoms with Crippen LogP contribution in [0, 0.1) is 0 Å². The van der Waals surface area contributed by atoms with Crippen LogP contribution in [0.25, 0.3) is 95.1 Å². The van der Waals surface area contributed by atoms with Crippen molar-refractivity contribution < 1.29 is 0 Å². The Kier molecular flexibility index (Phi) is 5.78. The van der Waals surface area contributed by atoms with Gasteiger partial charge in [-0.25, -0.2) is 4.98 Å². The van der Waals surface area contributed by atoms with Crippen LogP contribution >= 0.6 is 0 Å². The molecule has 1 aliphatic carbocycles. The molecule has 0 N–H and O–H groups in total. The van der Waals surface area contributed by atoms with Crippen LogP contribution in [-0.2, 0) is 6.42 Å². The summed E-state index contributed by atoms with van der Waals surface area (Å²) >= 11 is 0. The molecule has 0 bridgehead atoms. The van der Waals surface area contributed by atoms with E-state index in [1.165, 1.54) is 55.3 Å². The summed E-state index contributed by atoms with van der Waals surface area (Å²) in [6.07, 6.45) is 15.6. The first-order valence-corrected chi connectivity index (χ1v) is 19.9. The molecule has 7 nitrogen and oxygen atoms in total. The van der Waals surface area contributed by atoms with Gasteiger partial charge in [0.05, 0.1) is 27.6 Å². The van der Waals surface area contributed by atoms with Gasteiger partial charge in [0, 0.05) is 80.7 Å². The van der Waals surface area contributed by atoms with E-state index in [0.717, 1.165) is 67.8 Å². The lowest BCUT2D eigenvalue weighted by atomic mass is 9.34. The average Bonchev–Trinajstić information content (AvgIpc) is 3.95. The topological polar surface area (TPSA) is 58.4 Å². The van der Waals surface area contributed by atoms with E-state index in [2.05, 4.69) is 158 Å². The van der Waals surface area contributed by atoms with Crippen molar-refractivity contribution >= 4 is 84.2 Å². The molecule has 7 aromatic heterocycles. The van der Waals surface area contributed by atoms with Crippen LogP contribution in [0.15, 0.2) is 164 Å². The highest BCUT2D eigenvalue weighted by atomic mass is 15.2. The molecule has 0 saturated heterocycles. The minimum atomic E-state index is -0.0226. The zero-order valence-corrected chi connectivity index (χ0v) is 31.1. The summed E-state index contributed by atoms with van der Waals surface area (Å²) in [6, 6.07) is 45.9. The van der Waals surface area contributed by atoms with Crippen LogP contribution in [0.4, 0.5) is 0 Å². The number of hydrogen-bond acceptors (Lipinski definition) is 3. The van der Waals surface area contributed by atoms with Gasteiger partial charge >= 0.3 is 0 Å². The number of nitrogens with zero attached hydrogens (tertiary/aromatic N) is 7. The molecular weight excluding hydrogens is 709 g/mol. The molecule has 11 aromatic rings. The molecule has 2 aliphatic heterocycles. The molecule has 58 heavy (non-hydrogen) atoms. The highest BCUT2D eigenvalue weighted by molar-refractivity contribution is 7.00. The predicted molar refractivity (Wildman–Crippen MR) is 237 cm³/mol. The molecule has 0 saturated carbocycles. The molecule has 14 rings (SSSR count). The monoisotopic (exact) mass is 739 g/mol. The van der Waals surface area contributed by atoms with Gasteiger partial charge in [0.15, 0.2) is 0 Å². The Morgan fingerprint density at radius 1 is 0.534 bits per heavy atom. The second-order valence-electron chi connectivity index (χ2n) is 15.6. The van der Waals surface area contributed by atoms with Crippen molar-refractivity contribution in [2.24, 2.45) is 0 Å². The third-order valence-corrected chi connectivity index (χ3v) is 12.7. The van der Waals surface area contributed by atoms with Gasteiger partial charge in [0.25, 0.3) is 6.71 Å². The zero-order valence-electron chi connectivity index (χ0n) is 31.1. The Hall–Kier alpha value is -7.71. The average molecular weight is 740 g/mol. The Balaban J connectivity index is 1.23. The second-order valence-corrected chi connectivity index (χ2v) is 15.6. The summed E-state index contributed by atoms with van der Waals surface area (Å²) in [5.74, 6) is 0. The van der Waals surface area contributed by atoms with Crippen LogP contribution < -0.4 is 16.4 Å². The third kappa shape index (κ3) is 3.68. The number of hydrogen-bond donors (Lipinski definition) is 0.